The first-order valence-electron chi connectivity index (χ1n) is 13.7. The van der Waals surface area contributed by atoms with Crippen LogP contribution in [0.1, 0.15) is 36.1 Å². The highest BCUT2D eigenvalue weighted by atomic mass is 16.5. The zero-order valence-electron chi connectivity index (χ0n) is 24.8. The van der Waals surface area contributed by atoms with Crippen LogP contribution < -0.4 is 14.2 Å². The van der Waals surface area contributed by atoms with Gasteiger partial charge in [0, 0.05) is 33.9 Å². The predicted molar refractivity (Wildman–Crippen MR) is 173 cm³/mol. The lowest BCUT2D eigenvalue weighted by Gasteiger charge is -2.08. The van der Waals surface area contributed by atoms with Crippen molar-refractivity contribution in [1.82, 2.24) is 0 Å². The fourth-order valence-electron chi connectivity index (χ4n) is 3.67. The molecule has 0 fully saturated rings. The molecule has 0 aliphatic heterocycles. The molecule has 6 nitrogen and oxygen atoms in total. The fourth-order valence-corrected chi connectivity index (χ4v) is 3.67. The normalized spacial score (nSPS) is 9.73. The van der Waals surface area contributed by atoms with Gasteiger partial charge in [-0.25, -0.2) is 14.4 Å². The molecular formula is C39H28O6. The van der Waals surface area contributed by atoms with Crippen LogP contribution in [0.4, 0.5) is 0 Å². The van der Waals surface area contributed by atoms with Gasteiger partial charge in [0.05, 0.1) is 5.56 Å². The summed E-state index contributed by atoms with van der Waals surface area (Å²) in [4.78, 5) is 35.5. The third-order valence-corrected chi connectivity index (χ3v) is 6.10. The Kier molecular flexibility index (Phi) is 10.3. The second kappa shape index (κ2) is 14.7. The number of esters is 3. The summed E-state index contributed by atoms with van der Waals surface area (Å²) in [6.45, 7) is 13.8. The number of carbonyl (C=O) groups is 3. The van der Waals surface area contributed by atoms with Crippen LogP contribution in [0.3, 0.4) is 0 Å². The van der Waals surface area contributed by atoms with Crippen LogP contribution in [0, 0.1) is 23.7 Å². The number of benzene rings is 4. The third-order valence-electron chi connectivity index (χ3n) is 6.10. The van der Waals surface area contributed by atoms with Gasteiger partial charge < -0.3 is 14.2 Å². The summed E-state index contributed by atoms with van der Waals surface area (Å²) in [5, 5.41) is 0. The first-order chi connectivity index (χ1) is 21.6. The van der Waals surface area contributed by atoms with E-state index in [1.165, 1.54) is 0 Å². The Morgan fingerprint density at radius 2 is 1.00 bits per heavy atom. The van der Waals surface area contributed by atoms with E-state index in [4.69, 9.17) is 14.2 Å². The van der Waals surface area contributed by atoms with Crippen LogP contribution in [0.25, 0.3) is 11.1 Å². The Morgan fingerprint density at radius 3 is 1.44 bits per heavy atom. The fraction of sp³-hybridized carbons (Fsp3) is 0.0513. The monoisotopic (exact) mass is 592 g/mol. The van der Waals surface area contributed by atoms with Gasteiger partial charge in [0.15, 0.2) is 0 Å². The van der Waals surface area contributed by atoms with Gasteiger partial charge >= 0.3 is 17.9 Å². The van der Waals surface area contributed by atoms with Crippen molar-refractivity contribution in [1.29, 1.82) is 0 Å². The van der Waals surface area contributed by atoms with E-state index in [0.29, 0.717) is 33.8 Å². The van der Waals surface area contributed by atoms with Crippen molar-refractivity contribution in [3.63, 3.8) is 0 Å². The van der Waals surface area contributed by atoms with Crippen LogP contribution in [-0.2, 0) is 14.4 Å². The highest BCUT2D eigenvalue weighted by molar-refractivity contribution is 5.89. The predicted octanol–water partition coefficient (Wildman–Crippen LogP) is 7.21. The molecule has 0 saturated carbocycles. The molecular weight excluding hydrogens is 564 g/mol. The minimum absolute atomic E-state index is 0.290. The molecule has 0 unspecified atom stereocenters. The van der Waals surface area contributed by atoms with Crippen molar-refractivity contribution in [2.24, 2.45) is 0 Å². The molecule has 4 aromatic rings. The first kappa shape index (κ1) is 31.6. The van der Waals surface area contributed by atoms with Crippen molar-refractivity contribution in [2.45, 2.75) is 13.8 Å². The molecule has 0 heterocycles. The van der Waals surface area contributed by atoms with E-state index in [1.54, 1.807) is 74.5 Å². The molecule has 0 saturated heterocycles. The summed E-state index contributed by atoms with van der Waals surface area (Å²) in [6.07, 6.45) is 1.09. The van der Waals surface area contributed by atoms with E-state index in [9.17, 15) is 14.4 Å². The van der Waals surface area contributed by atoms with Crippen LogP contribution in [0.5, 0.6) is 17.2 Å². The molecule has 0 amide bonds. The van der Waals surface area contributed by atoms with Gasteiger partial charge in [0.25, 0.3) is 0 Å². The molecule has 0 aromatic heterocycles. The number of hydrogen-bond acceptors (Lipinski definition) is 6. The van der Waals surface area contributed by atoms with Crippen molar-refractivity contribution >= 4 is 17.9 Å². The van der Waals surface area contributed by atoms with Crippen LogP contribution in [0.15, 0.2) is 128 Å². The zero-order chi connectivity index (χ0) is 32.3. The minimum atomic E-state index is -0.605. The molecule has 0 atom stereocenters. The highest BCUT2D eigenvalue weighted by Crippen LogP contribution is 2.28. The van der Waals surface area contributed by atoms with Gasteiger partial charge in [-0.1, -0.05) is 61.6 Å². The smallest absolute Gasteiger partial charge is 0.338 e. The Bertz CT molecular complexity index is 1920. The summed E-state index contributed by atoms with van der Waals surface area (Å²) < 4.78 is 15.9. The Labute approximate surface area is 262 Å². The first-order valence-corrected chi connectivity index (χ1v) is 13.7. The molecule has 220 valence electrons. The Hall–Kier alpha value is -6.37. The van der Waals surface area contributed by atoms with Crippen LogP contribution >= 0.6 is 0 Å². The summed E-state index contributed by atoms with van der Waals surface area (Å²) >= 11 is 0. The highest BCUT2D eigenvalue weighted by Gasteiger charge is 2.10. The lowest BCUT2D eigenvalue weighted by molar-refractivity contribution is -0.130. The lowest BCUT2D eigenvalue weighted by atomic mass is 10.0. The van der Waals surface area contributed by atoms with Crippen molar-refractivity contribution in [3.05, 3.63) is 150 Å². The average molecular weight is 593 g/mol. The van der Waals surface area contributed by atoms with E-state index in [2.05, 4.69) is 43.4 Å². The summed E-state index contributed by atoms with van der Waals surface area (Å²) in [5.74, 6) is 11.8. The maximum absolute atomic E-state index is 12.1. The van der Waals surface area contributed by atoms with Gasteiger partial charge in [0.2, 0.25) is 0 Å². The second-order valence-corrected chi connectivity index (χ2v) is 9.80. The molecule has 0 aliphatic carbocycles. The van der Waals surface area contributed by atoms with E-state index >= 15 is 0 Å². The number of ether oxygens (including phenoxy) is 3. The third kappa shape index (κ3) is 9.06. The largest absolute Gasteiger partial charge is 0.423 e. The molecule has 45 heavy (non-hydrogen) atoms. The van der Waals surface area contributed by atoms with Crippen LogP contribution in [-0.4, -0.2) is 17.9 Å². The zero-order valence-corrected chi connectivity index (χ0v) is 24.8. The van der Waals surface area contributed by atoms with Crippen molar-refractivity contribution < 1.29 is 28.6 Å². The van der Waals surface area contributed by atoms with E-state index < -0.39 is 17.9 Å². The summed E-state index contributed by atoms with van der Waals surface area (Å²) in [7, 11) is 0. The van der Waals surface area contributed by atoms with Crippen molar-refractivity contribution in [2.75, 3.05) is 0 Å². The molecule has 4 aromatic carbocycles. The second-order valence-electron chi connectivity index (χ2n) is 9.80. The molecule has 0 N–H and O–H groups in total. The average Bonchev–Trinajstić information content (AvgIpc) is 3.04. The number of rotatable bonds is 7. The molecule has 4 rings (SSSR count). The topological polar surface area (TPSA) is 78.9 Å². The quantitative estimate of drug-likeness (QED) is 0.0977. The Balaban J connectivity index is 1.50. The molecule has 0 radical (unpaired) electrons. The van der Waals surface area contributed by atoms with Gasteiger partial charge in [0.1, 0.15) is 17.2 Å². The van der Waals surface area contributed by atoms with Crippen molar-refractivity contribution in [3.8, 4) is 52.1 Å². The Morgan fingerprint density at radius 1 is 0.578 bits per heavy atom. The maximum Gasteiger partial charge on any atom is 0.338 e. The van der Waals surface area contributed by atoms with E-state index in [-0.39, 0.29) is 5.75 Å². The molecule has 0 bridgehead atoms. The van der Waals surface area contributed by atoms with E-state index in [1.807, 2.05) is 30.3 Å². The van der Waals surface area contributed by atoms with Gasteiger partial charge in [-0.15, -0.1) is 0 Å². The SMILES string of the molecule is C=CC(=O)Oc1cc(-c2ccc(C#Cc3ccc(OC(=O)C(=C)C)cc3)cc2)ccc1C#Cc1ccc(OC(=O)C(=C)C)cc1. The molecule has 0 spiro atoms. The summed E-state index contributed by atoms with van der Waals surface area (Å²) in [6, 6.07) is 26.7. The van der Waals surface area contributed by atoms with Gasteiger partial charge in [-0.05, 0) is 97.8 Å². The number of carbonyl (C=O) groups excluding carboxylic acids is 3. The standard InChI is InChI=1S/C39H28O6/c1-6-37(40)45-36-25-33(20-19-32(36)18-11-30-14-23-35(24-15-30)44-39(42)27(4)5)31-16-9-28(10-17-31)7-8-29-12-21-34(22-13-29)43-38(41)26(2)3/h6,9-10,12-17,19-25H,1-2,4H2,3,5H3. The van der Waals surface area contributed by atoms with Gasteiger partial charge in [-0.2, -0.15) is 0 Å². The minimum Gasteiger partial charge on any atom is -0.423 e. The van der Waals surface area contributed by atoms with Crippen LogP contribution in [0.2, 0.25) is 0 Å². The number of hydrogen-bond donors (Lipinski definition) is 0. The van der Waals surface area contributed by atoms with Gasteiger partial charge in [-0.3, -0.25) is 0 Å². The molecule has 6 heteroatoms. The maximum atomic E-state index is 12.1. The summed E-state index contributed by atoms with van der Waals surface area (Å²) in [5.41, 5.74) is 5.08. The lowest BCUT2D eigenvalue weighted by Crippen LogP contribution is -2.07. The molecule has 0 aliphatic rings. The van der Waals surface area contributed by atoms with E-state index in [0.717, 1.165) is 28.3 Å².